The molecule has 0 fully saturated rings. The minimum absolute atomic E-state index is 0. The number of rotatable bonds is 2. The quantitative estimate of drug-likeness (QED) is 0.805. The molecule has 0 radical (unpaired) electrons. The van der Waals surface area contributed by atoms with Gasteiger partial charge < -0.3 is 11.3 Å². The summed E-state index contributed by atoms with van der Waals surface area (Å²) in [6.07, 6.45) is 3.04. The molecule has 2 aromatic rings. The summed E-state index contributed by atoms with van der Waals surface area (Å²) in [6.45, 7) is 0. The largest absolute Gasteiger partial charge is 0.478 e. The summed E-state index contributed by atoms with van der Waals surface area (Å²) in [5, 5.41) is 9.27. The highest BCUT2D eigenvalue weighted by atomic mass is 32.2. The van der Waals surface area contributed by atoms with E-state index in [9.17, 15) is 9.18 Å². The number of hydrogen-bond acceptors (Lipinski definition) is 4. The number of carboxylic acids is 1. The van der Waals surface area contributed by atoms with Crippen LogP contribution in [0.4, 0.5) is 4.39 Å². The smallest absolute Gasteiger partial charge is 0.337 e. The minimum Gasteiger partial charge on any atom is -0.478 e. The van der Waals surface area contributed by atoms with E-state index in [2.05, 4.69) is 4.98 Å². The van der Waals surface area contributed by atoms with E-state index in [0.29, 0.717) is 15.8 Å². The monoisotopic (exact) mass is 254 g/mol. The van der Waals surface area contributed by atoms with Crippen molar-refractivity contribution >= 4 is 28.6 Å². The molecular formula is C11H11FN2O2S. The third kappa shape index (κ3) is 2.54. The third-order valence-electron chi connectivity index (χ3n) is 2.20. The second kappa shape index (κ2) is 5.11. The molecule has 90 valence electrons. The average Bonchev–Trinajstić information content (AvgIpc) is 2.27. The van der Waals surface area contributed by atoms with Crippen molar-refractivity contribution in [2.75, 3.05) is 6.26 Å². The van der Waals surface area contributed by atoms with Crippen molar-refractivity contribution in [1.82, 2.24) is 11.1 Å². The molecule has 0 saturated heterocycles. The number of pyridine rings is 1. The Balaban J connectivity index is 0.00000144. The normalized spacial score (nSPS) is 10.0. The summed E-state index contributed by atoms with van der Waals surface area (Å²) in [6, 6.07) is 4.33. The predicted octanol–water partition coefficient (Wildman–Crippen LogP) is 2.96. The Labute approximate surface area is 101 Å². The molecule has 0 spiro atoms. The highest BCUT2D eigenvalue weighted by Gasteiger charge is 2.08. The zero-order valence-electron chi connectivity index (χ0n) is 9.11. The second-order valence-corrected chi connectivity index (χ2v) is 4.06. The van der Waals surface area contributed by atoms with Gasteiger partial charge in [0.25, 0.3) is 0 Å². The molecule has 0 unspecified atom stereocenters. The SMILES string of the molecule is CSc1cc2ncc(C(=O)O)cc2cc1F.N. The van der Waals surface area contributed by atoms with Crippen LogP contribution in [-0.2, 0) is 0 Å². The fourth-order valence-corrected chi connectivity index (χ4v) is 1.89. The Hall–Kier alpha value is -1.66. The van der Waals surface area contributed by atoms with E-state index in [1.165, 1.54) is 30.1 Å². The van der Waals surface area contributed by atoms with E-state index in [0.717, 1.165) is 0 Å². The Kier molecular flexibility index (Phi) is 4.03. The van der Waals surface area contributed by atoms with Crippen LogP contribution >= 0.6 is 11.8 Å². The molecule has 0 amide bonds. The van der Waals surface area contributed by atoms with Crippen LogP contribution in [0.5, 0.6) is 0 Å². The van der Waals surface area contributed by atoms with Gasteiger partial charge >= 0.3 is 5.97 Å². The number of fused-ring (bicyclic) bond motifs is 1. The van der Waals surface area contributed by atoms with Gasteiger partial charge in [-0.2, -0.15) is 0 Å². The number of halogens is 1. The predicted molar refractivity (Wildman–Crippen MR) is 65.5 cm³/mol. The summed E-state index contributed by atoms with van der Waals surface area (Å²) in [5.41, 5.74) is 0.652. The number of thioether (sulfide) groups is 1. The molecule has 0 bridgehead atoms. The van der Waals surface area contributed by atoms with Crippen LogP contribution in [0.15, 0.2) is 29.3 Å². The van der Waals surface area contributed by atoms with Crippen LogP contribution in [0.1, 0.15) is 10.4 Å². The second-order valence-electron chi connectivity index (χ2n) is 3.21. The maximum Gasteiger partial charge on any atom is 0.337 e. The van der Waals surface area contributed by atoms with E-state index in [-0.39, 0.29) is 17.5 Å². The molecule has 2 rings (SSSR count). The van der Waals surface area contributed by atoms with E-state index in [1.54, 1.807) is 12.3 Å². The summed E-state index contributed by atoms with van der Waals surface area (Å²) in [5.74, 6) is -1.42. The Morgan fingerprint density at radius 3 is 2.71 bits per heavy atom. The van der Waals surface area contributed by atoms with Crippen LogP contribution in [0.3, 0.4) is 0 Å². The molecule has 17 heavy (non-hydrogen) atoms. The van der Waals surface area contributed by atoms with Crippen molar-refractivity contribution in [3.05, 3.63) is 35.8 Å². The summed E-state index contributed by atoms with van der Waals surface area (Å²) in [4.78, 5) is 15.2. The van der Waals surface area contributed by atoms with Crippen LogP contribution in [0.25, 0.3) is 10.9 Å². The molecule has 4 N–H and O–H groups in total. The number of benzene rings is 1. The molecule has 1 heterocycles. The van der Waals surface area contributed by atoms with Gasteiger partial charge in [-0.05, 0) is 24.5 Å². The first-order chi connectivity index (χ1) is 7.61. The van der Waals surface area contributed by atoms with Gasteiger partial charge in [-0.3, -0.25) is 4.98 Å². The number of aromatic nitrogens is 1. The Morgan fingerprint density at radius 1 is 1.41 bits per heavy atom. The van der Waals surface area contributed by atoms with Crippen molar-refractivity contribution in [2.45, 2.75) is 4.90 Å². The average molecular weight is 254 g/mol. The van der Waals surface area contributed by atoms with Gasteiger partial charge in [0.1, 0.15) is 5.82 Å². The number of aromatic carboxylic acids is 1. The zero-order valence-corrected chi connectivity index (χ0v) is 9.92. The van der Waals surface area contributed by atoms with Gasteiger partial charge in [0.05, 0.1) is 11.1 Å². The van der Waals surface area contributed by atoms with Crippen molar-refractivity contribution in [3.8, 4) is 0 Å². The Morgan fingerprint density at radius 2 is 2.12 bits per heavy atom. The number of carbonyl (C=O) groups is 1. The summed E-state index contributed by atoms with van der Waals surface area (Å²) >= 11 is 1.29. The maximum absolute atomic E-state index is 13.5. The highest BCUT2D eigenvalue weighted by Crippen LogP contribution is 2.24. The van der Waals surface area contributed by atoms with Crippen molar-refractivity contribution in [3.63, 3.8) is 0 Å². The fraction of sp³-hybridized carbons (Fsp3) is 0.0909. The molecule has 6 heteroatoms. The van der Waals surface area contributed by atoms with Crippen LogP contribution < -0.4 is 6.15 Å². The van der Waals surface area contributed by atoms with Gasteiger partial charge in [0.2, 0.25) is 0 Å². The number of nitrogens with zero attached hydrogens (tertiary/aromatic N) is 1. The van der Waals surface area contributed by atoms with Crippen molar-refractivity contribution in [2.24, 2.45) is 0 Å². The lowest BCUT2D eigenvalue weighted by Gasteiger charge is -2.03. The maximum atomic E-state index is 13.5. The first-order valence-corrected chi connectivity index (χ1v) is 5.71. The van der Waals surface area contributed by atoms with E-state index in [1.807, 2.05) is 0 Å². The van der Waals surface area contributed by atoms with Crippen LogP contribution in [0, 0.1) is 5.82 Å². The van der Waals surface area contributed by atoms with E-state index >= 15 is 0 Å². The molecule has 1 aromatic heterocycles. The van der Waals surface area contributed by atoms with Gasteiger partial charge in [-0.1, -0.05) is 0 Å². The molecular weight excluding hydrogens is 243 g/mol. The first-order valence-electron chi connectivity index (χ1n) is 4.48. The standard InChI is InChI=1S/C11H8FNO2S.H3N/c1-16-10-4-9-6(3-8(10)12)2-7(5-13-9)11(14)15;/h2-5H,1H3,(H,14,15);1H3. The van der Waals surface area contributed by atoms with Crippen molar-refractivity contribution in [1.29, 1.82) is 0 Å². The topological polar surface area (TPSA) is 85.2 Å². The minimum atomic E-state index is -1.07. The number of carboxylic acid groups (broad SMARTS) is 1. The molecule has 4 nitrogen and oxygen atoms in total. The molecule has 0 aliphatic rings. The van der Waals surface area contributed by atoms with Gasteiger partial charge in [0.15, 0.2) is 0 Å². The summed E-state index contributed by atoms with van der Waals surface area (Å²) in [7, 11) is 0. The zero-order chi connectivity index (χ0) is 11.7. The Bertz CT molecular complexity index is 575. The van der Waals surface area contributed by atoms with Gasteiger partial charge in [-0.15, -0.1) is 11.8 Å². The lowest BCUT2D eigenvalue weighted by atomic mass is 10.1. The number of hydrogen-bond donors (Lipinski definition) is 2. The molecule has 0 aliphatic heterocycles. The molecule has 0 saturated carbocycles. The summed E-state index contributed by atoms with van der Waals surface area (Å²) < 4.78 is 13.5. The molecule has 0 aliphatic carbocycles. The van der Waals surface area contributed by atoms with Crippen molar-refractivity contribution < 1.29 is 14.3 Å². The van der Waals surface area contributed by atoms with E-state index in [4.69, 9.17) is 5.11 Å². The third-order valence-corrected chi connectivity index (χ3v) is 2.95. The van der Waals surface area contributed by atoms with Crippen LogP contribution in [0.2, 0.25) is 0 Å². The van der Waals surface area contributed by atoms with Gasteiger partial charge in [-0.25, -0.2) is 9.18 Å². The highest BCUT2D eigenvalue weighted by molar-refractivity contribution is 7.98. The first kappa shape index (κ1) is 13.4. The lowest BCUT2D eigenvalue weighted by molar-refractivity contribution is 0.0696. The fourth-order valence-electron chi connectivity index (χ4n) is 1.40. The molecule has 1 aromatic carbocycles. The van der Waals surface area contributed by atoms with Crippen LogP contribution in [-0.4, -0.2) is 22.3 Å². The van der Waals surface area contributed by atoms with Gasteiger partial charge in [0, 0.05) is 16.5 Å². The molecule has 0 atom stereocenters. The lowest BCUT2D eigenvalue weighted by Crippen LogP contribution is -1.97. The van der Waals surface area contributed by atoms with E-state index < -0.39 is 5.97 Å².